The maximum Gasteiger partial charge on any atom is 0.0947 e. The highest BCUT2D eigenvalue weighted by atomic mass is 16.3. The Kier molecular flexibility index (Phi) is 4.93. The molecule has 0 unspecified atom stereocenters. The third-order valence-corrected chi connectivity index (χ3v) is 2.74. The van der Waals surface area contributed by atoms with E-state index in [2.05, 4.69) is 28.3 Å². The molecule has 18 heavy (non-hydrogen) atoms. The highest BCUT2D eigenvalue weighted by Gasteiger charge is 2.00. The van der Waals surface area contributed by atoms with Crippen LogP contribution >= 0.6 is 0 Å². The van der Waals surface area contributed by atoms with Gasteiger partial charge in [0, 0.05) is 37.9 Å². The van der Waals surface area contributed by atoms with Crippen molar-refractivity contribution in [3.63, 3.8) is 0 Å². The summed E-state index contributed by atoms with van der Waals surface area (Å²) in [4.78, 5) is 6.57. The van der Waals surface area contributed by atoms with E-state index >= 15 is 0 Å². The van der Waals surface area contributed by atoms with Gasteiger partial charge in [0.1, 0.15) is 0 Å². The summed E-state index contributed by atoms with van der Waals surface area (Å²) in [5.74, 6) is 0. The Balaban J connectivity index is 1.62. The number of aromatic nitrogens is 1. The minimum atomic E-state index is 0.855. The number of pyridine rings is 1. The number of hydrogen-bond acceptors (Lipinski definition) is 4. The lowest BCUT2D eigenvalue weighted by atomic mass is 10.3. The molecule has 0 fully saturated rings. The lowest BCUT2D eigenvalue weighted by Gasteiger charge is -2.16. The van der Waals surface area contributed by atoms with Crippen LogP contribution in [-0.2, 0) is 13.1 Å². The van der Waals surface area contributed by atoms with Crippen molar-refractivity contribution in [3.8, 4) is 0 Å². The Labute approximate surface area is 108 Å². The Hall–Kier alpha value is -1.65. The molecule has 2 aromatic heterocycles. The monoisotopic (exact) mass is 245 g/mol. The molecule has 0 saturated carbocycles. The van der Waals surface area contributed by atoms with Crippen molar-refractivity contribution in [1.29, 1.82) is 0 Å². The highest BCUT2D eigenvalue weighted by Crippen LogP contribution is 1.99. The largest absolute Gasteiger partial charge is 0.472 e. The van der Waals surface area contributed by atoms with E-state index in [-0.39, 0.29) is 0 Å². The summed E-state index contributed by atoms with van der Waals surface area (Å²) >= 11 is 0. The fourth-order valence-corrected chi connectivity index (χ4v) is 1.74. The van der Waals surface area contributed by atoms with E-state index in [0.29, 0.717) is 0 Å². The van der Waals surface area contributed by atoms with Crippen LogP contribution in [-0.4, -0.2) is 30.0 Å². The summed E-state index contributed by atoms with van der Waals surface area (Å²) < 4.78 is 5.01. The van der Waals surface area contributed by atoms with Gasteiger partial charge in [-0.1, -0.05) is 6.07 Å². The van der Waals surface area contributed by atoms with E-state index in [1.807, 2.05) is 24.4 Å². The molecule has 4 heteroatoms. The first-order valence-corrected chi connectivity index (χ1v) is 6.15. The molecule has 0 saturated heterocycles. The molecule has 2 rings (SSSR count). The second kappa shape index (κ2) is 6.93. The lowest BCUT2D eigenvalue weighted by molar-refractivity contribution is 0.320. The first-order chi connectivity index (χ1) is 8.84. The van der Waals surface area contributed by atoms with Gasteiger partial charge in [-0.25, -0.2) is 0 Å². The SMILES string of the molecule is CN(CCNCc1ccoc1)Cc1ccccn1. The first kappa shape index (κ1) is 12.8. The van der Waals surface area contributed by atoms with E-state index < -0.39 is 0 Å². The third kappa shape index (κ3) is 4.31. The molecule has 0 radical (unpaired) electrons. The smallest absolute Gasteiger partial charge is 0.0947 e. The van der Waals surface area contributed by atoms with Gasteiger partial charge in [-0.15, -0.1) is 0 Å². The van der Waals surface area contributed by atoms with Crippen molar-refractivity contribution in [3.05, 3.63) is 54.2 Å². The van der Waals surface area contributed by atoms with Crippen molar-refractivity contribution in [2.75, 3.05) is 20.1 Å². The van der Waals surface area contributed by atoms with Gasteiger partial charge in [0.05, 0.1) is 18.2 Å². The van der Waals surface area contributed by atoms with Crippen LogP contribution < -0.4 is 5.32 Å². The van der Waals surface area contributed by atoms with E-state index in [1.165, 1.54) is 5.56 Å². The summed E-state index contributed by atoms with van der Waals surface area (Å²) in [6, 6.07) is 7.99. The van der Waals surface area contributed by atoms with E-state index in [9.17, 15) is 0 Å². The summed E-state index contributed by atoms with van der Waals surface area (Å²) in [5, 5.41) is 3.38. The molecule has 2 heterocycles. The van der Waals surface area contributed by atoms with Gasteiger partial charge in [0.25, 0.3) is 0 Å². The van der Waals surface area contributed by atoms with Crippen molar-refractivity contribution in [2.24, 2.45) is 0 Å². The summed E-state index contributed by atoms with van der Waals surface area (Å²) in [5.41, 5.74) is 2.29. The highest BCUT2D eigenvalue weighted by molar-refractivity contribution is 5.04. The maximum atomic E-state index is 5.01. The summed E-state index contributed by atoms with van der Waals surface area (Å²) in [6.07, 6.45) is 5.30. The van der Waals surface area contributed by atoms with Crippen LogP contribution in [0.2, 0.25) is 0 Å². The van der Waals surface area contributed by atoms with Crippen LogP contribution in [0.1, 0.15) is 11.3 Å². The molecule has 0 spiro atoms. The average molecular weight is 245 g/mol. The third-order valence-electron chi connectivity index (χ3n) is 2.74. The van der Waals surface area contributed by atoms with Gasteiger partial charge in [-0.2, -0.15) is 0 Å². The predicted octanol–water partition coefficient (Wildman–Crippen LogP) is 1.90. The van der Waals surface area contributed by atoms with Crippen LogP contribution in [0.4, 0.5) is 0 Å². The number of furan rings is 1. The zero-order valence-electron chi connectivity index (χ0n) is 10.7. The van der Waals surface area contributed by atoms with Crippen molar-refractivity contribution < 1.29 is 4.42 Å². The average Bonchev–Trinajstić information content (AvgIpc) is 2.89. The van der Waals surface area contributed by atoms with Crippen molar-refractivity contribution in [2.45, 2.75) is 13.1 Å². The quantitative estimate of drug-likeness (QED) is 0.756. The standard InChI is InChI=1S/C14H19N3O/c1-17(11-14-4-2-3-6-16-14)8-7-15-10-13-5-9-18-12-13/h2-6,9,12,15H,7-8,10-11H2,1H3. The molecule has 2 aromatic rings. The van der Waals surface area contributed by atoms with Crippen molar-refractivity contribution >= 4 is 0 Å². The molecular formula is C14H19N3O. The Bertz CT molecular complexity index is 428. The molecule has 1 N–H and O–H groups in total. The Morgan fingerprint density at radius 3 is 3.00 bits per heavy atom. The molecule has 96 valence electrons. The van der Waals surface area contributed by atoms with Crippen LogP contribution in [0, 0.1) is 0 Å². The zero-order chi connectivity index (χ0) is 12.6. The van der Waals surface area contributed by atoms with Gasteiger partial charge in [-0.05, 0) is 25.2 Å². The van der Waals surface area contributed by atoms with Gasteiger partial charge in [0.2, 0.25) is 0 Å². The molecule has 0 aromatic carbocycles. The normalized spacial score (nSPS) is 11.0. The topological polar surface area (TPSA) is 41.3 Å². The lowest BCUT2D eigenvalue weighted by Crippen LogP contribution is -2.28. The van der Waals surface area contributed by atoms with Crippen LogP contribution in [0.3, 0.4) is 0 Å². The van der Waals surface area contributed by atoms with E-state index in [4.69, 9.17) is 4.42 Å². The molecule has 4 nitrogen and oxygen atoms in total. The van der Waals surface area contributed by atoms with Crippen LogP contribution in [0.15, 0.2) is 47.4 Å². The molecule has 0 aliphatic rings. The number of nitrogens with zero attached hydrogens (tertiary/aromatic N) is 2. The molecule has 0 atom stereocenters. The molecule has 0 amide bonds. The van der Waals surface area contributed by atoms with Gasteiger partial charge < -0.3 is 9.73 Å². The van der Waals surface area contributed by atoms with E-state index in [1.54, 1.807) is 12.5 Å². The van der Waals surface area contributed by atoms with Gasteiger partial charge >= 0.3 is 0 Å². The Morgan fingerprint density at radius 1 is 1.33 bits per heavy atom. The number of nitrogens with one attached hydrogen (secondary N) is 1. The van der Waals surface area contributed by atoms with Crippen molar-refractivity contribution in [1.82, 2.24) is 15.2 Å². The molecule has 0 bridgehead atoms. The van der Waals surface area contributed by atoms with Crippen LogP contribution in [0.5, 0.6) is 0 Å². The molecular weight excluding hydrogens is 226 g/mol. The molecule has 0 aliphatic carbocycles. The second-order valence-corrected chi connectivity index (χ2v) is 4.37. The minimum Gasteiger partial charge on any atom is -0.472 e. The number of likely N-dealkylation sites (N-methyl/N-ethyl adjacent to an activating group) is 1. The first-order valence-electron chi connectivity index (χ1n) is 6.15. The zero-order valence-corrected chi connectivity index (χ0v) is 10.7. The number of hydrogen-bond donors (Lipinski definition) is 1. The predicted molar refractivity (Wildman–Crippen MR) is 71.0 cm³/mol. The Morgan fingerprint density at radius 2 is 2.28 bits per heavy atom. The van der Waals surface area contributed by atoms with Gasteiger partial charge in [0.15, 0.2) is 0 Å². The van der Waals surface area contributed by atoms with E-state index in [0.717, 1.165) is 31.9 Å². The van der Waals surface area contributed by atoms with Gasteiger partial charge in [-0.3, -0.25) is 9.88 Å². The molecule has 0 aliphatic heterocycles. The summed E-state index contributed by atoms with van der Waals surface area (Å²) in [6.45, 7) is 3.69. The maximum absolute atomic E-state index is 5.01. The number of rotatable bonds is 7. The second-order valence-electron chi connectivity index (χ2n) is 4.37. The fourth-order valence-electron chi connectivity index (χ4n) is 1.74. The summed E-state index contributed by atoms with van der Waals surface area (Å²) in [7, 11) is 2.11. The minimum absolute atomic E-state index is 0.855. The van der Waals surface area contributed by atoms with Crippen LogP contribution in [0.25, 0.3) is 0 Å². The fraction of sp³-hybridized carbons (Fsp3) is 0.357.